The zero-order chi connectivity index (χ0) is 20.3. The number of carbonyl (C=O) groups excluding carboxylic acids is 2. The Bertz CT molecular complexity index is 913. The average molecular weight is 385 g/mol. The Morgan fingerprint density at radius 3 is 2.46 bits per heavy atom. The van der Waals surface area contributed by atoms with Crippen LogP contribution in [0.25, 0.3) is 0 Å². The number of nitrogens with zero attached hydrogens (tertiary/aromatic N) is 1. The first-order valence-corrected chi connectivity index (χ1v) is 9.27. The van der Waals surface area contributed by atoms with Gasteiger partial charge in [0.25, 0.3) is 5.91 Å². The Balaban J connectivity index is 1.93. The standard InChI is InChI=1S/C20H23N3O5/c1-2-16-13(20(26)27)11-17(28-16)19(25)22-14-10-12(18(21)24)6-7-15(14)23-8-4-3-5-9-23/h6-7,10-11H,2-5,8-9H2,1H3,(H2,21,24)(H,22,25)(H,26,27). The lowest BCUT2D eigenvalue weighted by atomic mass is 10.1. The summed E-state index contributed by atoms with van der Waals surface area (Å²) < 4.78 is 5.42. The minimum atomic E-state index is -1.15. The van der Waals surface area contributed by atoms with Crippen molar-refractivity contribution < 1.29 is 23.9 Å². The summed E-state index contributed by atoms with van der Waals surface area (Å²) in [7, 11) is 0. The van der Waals surface area contributed by atoms with Crippen molar-refractivity contribution in [3.05, 3.63) is 46.9 Å². The first kappa shape index (κ1) is 19.5. The van der Waals surface area contributed by atoms with Crippen molar-refractivity contribution in [2.75, 3.05) is 23.3 Å². The number of amides is 2. The molecule has 28 heavy (non-hydrogen) atoms. The predicted molar refractivity (Wildman–Crippen MR) is 104 cm³/mol. The number of carbonyl (C=O) groups is 3. The summed E-state index contributed by atoms with van der Waals surface area (Å²) in [5, 5.41) is 12.0. The molecule has 2 aromatic rings. The molecule has 2 heterocycles. The van der Waals surface area contributed by atoms with Crippen LogP contribution in [0, 0.1) is 0 Å². The van der Waals surface area contributed by atoms with Gasteiger partial charge in [0, 0.05) is 31.1 Å². The van der Waals surface area contributed by atoms with Gasteiger partial charge in [0.05, 0.1) is 11.4 Å². The van der Waals surface area contributed by atoms with E-state index in [1.54, 1.807) is 19.1 Å². The molecule has 0 aliphatic carbocycles. The molecule has 0 unspecified atom stereocenters. The van der Waals surface area contributed by atoms with E-state index in [9.17, 15) is 19.5 Å². The highest BCUT2D eigenvalue weighted by molar-refractivity contribution is 6.06. The van der Waals surface area contributed by atoms with Crippen LogP contribution in [0.15, 0.2) is 28.7 Å². The number of nitrogens with two attached hydrogens (primary N) is 1. The van der Waals surface area contributed by atoms with Crippen LogP contribution in [0.4, 0.5) is 11.4 Å². The van der Waals surface area contributed by atoms with Crippen LogP contribution in [0.5, 0.6) is 0 Å². The smallest absolute Gasteiger partial charge is 0.339 e. The van der Waals surface area contributed by atoms with Crippen LogP contribution in [-0.2, 0) is 6.42 Å². The molecule has 1 aromatic carbocycles. The predicted octanol–water partition coefficient (Wildman–Crippen LogP) is 2.88. The maximum absolute atomic E-state index is 12.7. The van der Waals surface area contributed by atoms with E-state index in [1.165, 1.54) is 12.1 Å². The van der Waals surface area contributed by atoms with E-state index in [1.807, 2.05) is 0 Å². The van der Waals surface area contributed by atoms with Crippen molar-refractivity contribution in [2.45, 2.75) is 32.6 Å². The minimum absolute atomic E-state index is 0.0326. The summed E-state index contributed by atoms with van der Waals surface area (Å²) in [4.78, 5) is 37.7. The lowest BCUT2D eigenvalue weighted by molar-refractivity contribution is 0.0694. The summed E-state index contributed by atoms with van der Waals surface area (Å²) in [6.07, 6.45) is 3.60. The highest BCUT2D eigenvalue weighted by atomic mass is 16.4. The molecular formula is C20H23N3O5. The van der Waals surface area contributed by atoms with E-state index < -0.39 is 17.8 Å². The van der Waals surface area contributed by atoms with Crippen molar-refractivity contribution in [1.29, 1.82) is 0 Å². The number of primary amides is 1. The number of hydrogen-bond donors (Lipinski definition) is 3. The van der Waals surface area contributed by atoms with E-state index in [2.05, 4.69) is 10.2 Å². The third kappa shape index (κ3) is 4.00. The van der Waals surface area contributed by atoms with Gasteiger partial charge in [0.2, 0.25) is 5.91 Å². The number of anilines is 2. The molecule has 1 fully saturated rings. The molecule has 0 spiro atoms. The fourth-order valence-electron chi connectivity index (χ4n) is 3.37. The van der Waals surface area contributed by atoms with Gasteiger partial charge < -0.3 is 25.5 Å². The number of aromatic carboxylic acids is 1. The SMILES string of the molecule is CCc1oc(C(=O)Nc2cc(C(N)=O)ccc2N2CCCCC2)cc1C(=O)O. The molecule has 1 aliphatic rings. The summed E-state index contributed by atoms with van der Waals surface area (Å²) in [6.45, 7) is 3.45. The summed E-state index contributed by atoms with van der Waals surface area (Å²) in [6, 6.07) is 6.15. The molecule has 1 saturated heterocycles. The number of carboxylic acids is 1. The highest BCUT2D eigenvalue weighted by Crippen LogP contribution is 2.30. The second-order valence-electron chi connectivity index (χ2n) is 6.70. The molecule has 1 aliphatic heterocycles. The van der Waals surface area contributed by atoms with Crippen LogP contribution >= 0.6 is 0 Å². The maximum Gasteiger partial charge on any atom is 0.339 e. The Morgan fingerprint density at radius 2 is 1.89 bits per heavy atom. The number of piperidine rings is 1. The van der Waals surface area contributed by atoms with Crippen molar-refractivity contribution in [3.8, 4) is 0 Å². The van der Waals surface area contributed by atoms with Gasteiger partial charge in [0.1, 0.15) is 11.3 Å². The fraction of sp³-hybridized carbons (Fsp3) is 0.350. The Labute approximate surface area is 162 Å². The van der Waals surface area contributed by atoms with Crippen LogP contribution in [0.2, 0.25) is 0 Å². The molecular weight excluding hydrogens is 362 g/mol. The quantitative estimate of drug-likeness (QED) is 0.702. The third-order valence-corrected chi connectivity index (χ3v) is 4.81. The van der Waals surface area contributed by atoms with E-state index in [0.29, 0.717) is 12.1 Å². The number of rotatable bonds is 6. The van der Waals surface area contributed by atoms with E-state index in [4.69, 9.17) is 10.2 Å². The number of carboxylic acid groups (broad SMARTS) is 1. The summed E-state index contributed by atoms with van der Waals surface area (Å²) in [5.41, 5.74) is 6.85. The second-order valence-corrected chi connectivity index (χ2v) is 6.70. The topological polar surface area (TPSA) is 126 Å². The number of hydrogen-bond acceptors (Lipinski definition) is 5. The van der Waals surface area contributed by atoms with Crippen LogP contribution in [-0.4, -0.2) is 36.0 Å². The molecule has 4 N–H and O–H groups in total. The van der Waals surface area contributed by atoms with Crippen LogP contribution in [0.1, 0.15) is 63.2 Å². The first-order valence-electron chi connectivity index (χ1n) is 9.27. The fourth-order valence-corrected chi connectivity index (χ4v) is 3.37. The maximum atomic E-state index is 12.7. The minimum Gasteiger partial charge on any atom is -0.478 e. The molecule has 148 valence electrons. The molecule has 1 aromatic heterocycles. The largest absolute Gasteiger partial charge is 0.478 e. The van der Waals surface area contributed by atoms with Gasteiger partial charge in [-0.3, -0.25) is 9.59 Å². The second kappa shape index (κ2) is 8.16. The molecule has 2 amide bonds. The molecule has 0 saturated carbocycles. The molecule has 8 heteroatoms. The van der Waals surface area contributed by atoms with E-state index >= 15 is 0 Å². The van der Waals surface area contributed by atoms with Gasteiger partial charge in [-0.15, -0.1) is 0 Å². The normalized spacial score (nSPS) is 14.0. The third-order valence-electron chi connectivity index (χ3n) is 4.81. The Morgan fingerprint density at radius 1 is 1.18 bits per heavy atom. The van der Waals surface area contributed by atoms with Crippen molar-refractivity contribution in [3.63, 3.8) is 0 Å². The van der Waals surface area contributed by atoms with Gasteiger partial charge >= 0.3 is 5.97 Å². The monoisotopic (exact) mass is 385 g/mol. The number of aryl methyl sites for hydroxylation is 1. The molecule has 0 radical (unpaired) electrons. The molecule has 0 atom stereocenters. The van der Waals surface area contributed by atoms with Gasteiger partial charge in [-0.1, -0.05) is 6.92 Å². The van der Waals surface area contributed by atoms with Gasteiger partial charge in [0.15, 0.2) is 5.76 Å². The van der Waals surface area contributed by atoms with E-state index in [0.717, 1.165) is 38.0 Å². The number of furan rings is 1. The number of benzene rings is 1. The van der Waals surface area contributed by atoms with Crippen molar-refractivity contribution in [1.82, 2.24) is 0 Å². The first-order chi connectivity index (χ1) is 13.4. The van der Waals surface area contributed by atoms with Crippen LogP contribution in [0.3, 0.4) is 0 Å². The van der Waals surface area contributed by atoms with Gasteiger partial charge in [-0.05, 0) is 37.5 Å². The lowest BCUT2D eigenvalue weighted by Gasteiger charge is -2.30. The number of nitrogens with one attached hydrogen (secondary N) is 1. The van der Waals surface area contributed by atoms with Gasteiger partial charge in [-0.25, -0.2) is 4.79 Å². The van der Waals surface area contributed by atoms with Crippen molar-refractivity contribution >= 4 is 29.2 Å². The lowest BCUT2D eigenvalue weighted by Crippen LogP contribution is -2.30. The molecule has 3 rings (SSSR count). The Kier molecular flexibility index (Phi) is 5.67. The van der Waals surface area contributed by atoms with Crippen LogP contribution < -0.4 is 16.0 Å². The van der Waals surface area contributed by atoms with E-state index in [-0.39, 0.29) is 22.6 Å². The average Bonchev–Trinajstić information content (AvgIpc) is 3.13. The highest BCUT2D eigenvalue weighted by Gasteiger charge is 2.22. The zero-order valence-corrected chi connectivity index (χ0v) is 15.7. The summed E-state index contributed by atoms with van der Waals surface area (Å²) in [5.74, 6) is -2.19. The summed E-state index contributed by atoms with van der Waals surface area (Å²) >= 11 is 0. The molecule has 0 bridgehead atoms. The Hall–Kier alpha value is -3.29. The van der Waals surface area contributed by atoms with Crippen molar-refractivity contribution in [2.24, 2.45) is 5.73 Å². The zero-order valence-electron chi connectivity index (χ0n) is 15.7. The molecule has 8 nitrogen and oxygen atoms in total. The van der Waals surface area contributed by atoms with Gasteiger partial charge in [-0.2, -0.15) is 0 Å².